The molecule has 26 heavy (non-hydrogen) atoms. The standard InChI is InChI=1S/C21H26N4O/c26-21(18-23-17-20-8-10-22-11-9-20)25-15-13-24(14-16-25)12-4-7-19-5-2-1-3-6-19/h1-11,23H,12-18H2/b7-4+. The monoisotopic (exact) mass is 350 g/mol. The highest BCUT2D eigenvalue weighted by Gasteiger charge is 2.19. The van der Waals surface area contributed by atoms with Crippen molar-refractivity contribution in [3.8, 4) is 0 Å². The summed E-state index contributed by atoms with van der Waals surface area (Å²) in [5.74, 6) is 0.179. The van der Waals surface area contributed by atoms with Crippen LogP contribution in [0.15, 0.2) is 60.9 Å². The molecule has 0 bridgehead atoms. The predicted molar refractivity (Wildman–Crippen MR) is 104 cm³/mol. The van der Waals surface area contributed by atoms with Gasteiger partial charge in [-0.15, -0.1) is 0 Å². The lowest BCUT2D eigenvalue weighted by Gasteiger charge is -2.34. The van der Waals surface area contributed by atoms with Crippen LogP contribution in [-0.2, 0) is 11.3 Å². The number of hydrogen-bond donors (Lipinski definition) is 1. The fourth-order valence-electron chi connectivity index (χ4n) is 3.01. The van der Waals surface area contributed by atoms with Gasteiger partial charge < -0.3 is 10.2 Å². The maximum atomic E-state index is 12.3. The minimum atomic E-state index is 0.179. The van der Waals surface area contributed by atoms with Crippen molar-refractivity contribution in [2.75, 3.05) is 39.3 Å². The summed E-state index contributed by atoms with van der Waals surface area (Å²) >= 11 is 0. The van der Waals surface area contributed by atoms with Gasteiger partial charge in [-0.2, -0.15) is 0 Å². The van der Waals surface area contributed by atoms with E-state index >= 15 is 0 Å². The van der Waals surface area contributed by atoms with Gasteiger partial charge in [0.25, 0.3) is 0 Å². The number of pyridine rings is 1. The summed E-state index contributed by atoms with van der Waals surface area (Å²) in [7, 11) is 0. The van der Waals surface area contributed by atoms with E-state index in [0.29, 0.717) is 13.1 Å². The Kier molecular flexibility index (Phi) is 6.93. The third kappa shape index (κ3) is 5.79. The van der Waals surface area contributed by atoms with Gasteiger partial charge in [0, 0.05) is 51.7 Å². The zero-order valence-electron chi connectivity index (χ0n) is 15.1. The molecule has 1 N–H and O–H groups in total. The highest BCUT2D eigenvalue weighted by molar-refractivity contribution is 5.78. The summed E-state index contributed by atoms with van der Waals surface area (Å²) in [6, 6.07) is 14.2. The molecule has 0 aliphatic carbocycles. The number of carbonyl (C=O) groups excluding carboxylic acids is 1. The SMILES string of the molecule is O=C(CNCc1ccncc1)N1CCN(C/C=C/c2ccccc2)CC1. The lowest BCUT2D eigenvalue weighted by molar-refractivity contribution is -0.131. The predicted octanol–water partition coefficient (Wildman–Crippen LogP) is 2.03. The number of benzene rings is 1. The van der Waals surface area contributed by atoms with Gasteiger partial charge in [-0.1, -0.05) is 42.5 Å². The number of aromatic nitrogens is 1. The van der Waals surface area contributed by atoms with E-state index in [1.54, 1.807) is 12.4 Å². The molecule has 0 unspecified atom stereocenters. The number of nitrogens with one attached hydrogen (secondary N) is 1. The zero-order valence-corrected chi connectivity index (χ0v) is 15.1. The third-order valence-corrected chi connectivity index (χ3v) is 4.55. The van der Waals surface area contributed by atoms with Gasteiger partial charge >= 0.3 is 0 Å². The smallest absolute Gasteiger partial charge is 0.236 e. The van der Waals surface area contributed by atoms with Crippen LogP contribution in [-0.4, -0.2) is 60.0 Å². The molecule has 1 aliphatic heterocycles. The van der Waals surface area contributed by atoms with Crippen molar-refractivity contribution in [2.45, 2.75) is 6.54 Å². The van der Waals surface area contributed by atoms with E-state index in [1.165, 1.54) is 5.56 Å². The Morgan fingerprint density at radius 1 is 1.04 bits per heavy atom. The summed E-state index contributed by atoms with van der Waals surface area (Å²) < 4.78 is 0. The van der Waals surface area contributed by atoms with Crippen LogP contribution in [0, 0.1) is 0 Å². The summed E-state index contributed by atoms with van der Waals surface area (Å²) in [6.45, 7) is 5.46. The van der Waals surface area contributed by atoms with Crippen LogP contribution < -0.4 is 5.32 Å². The topological polar surface area (TPSA) is 48.5 Å². The molecule has 0 atom stereocenters. The Morgan fingerprint density at radius 3 is 2.50 bits per heavy atom. The Hall–Kier alpha value is -2.50. The third-order valence-electron chi connectivity index (χ3n) is 4.55. The molecule has 1 amide bonds. The first-order valence-corrected chi connectivity index (χ1v) is 9.12. The van der Waals surface area contributed by atoms with E-state index in [4.69, 9.17) is 0 Å². The van der Waals surface area contributed by atoms with Crippen LogP contribution in [0.2, 0.25) is 0 Å². The molecule has 1 aromatic carbocycles. The van der Waals surface area contributed by atoms with E-state index in [2.05, 4.69) is 39.5 Å². The molecule has 2 aromatic rings. The molecular weight excluding hydrogens is 324 g/mol. The molecule has 2 heterocycles. The molecule has 1 aliphatic rings. The first kappa shape index (κ1) is 18.3. The highest BCUT2D eigenvalue weighted by atomic mass is 16.2. The minimum Gasteiger partial charge on any atom is -0.339 e. The fourth-order valence-corrected chi connectivity index (χ4v) is 3.01. The molecule has 0 spiro atoms. The van der Waals surface area contributed by atoms with Crippen molar-refractivity contribution >= 4 is 12.0 Å². The van der Waals surface area contributed by atoms with Gasteiger partial charge in [-0.25, -0.2) is 0 Å². The van der Waals surface area contributed by atoms with E-state index in [1.807, 2.05) is 35.2 Å². The van der Waals surface area contributed by atoms with Crippen LogP contribution >= 0.6 is 0 Å². The summed E-state index contributed by atoms with van der Waals surface area (Å²) in [5, 5.41) is 3.22. The quantitative estimate of drug-likeness (QED) is 0.830. The molecular formula is C21H26N4O. The highest BCUT2D eigenvalue weighted by Crippen LogP contribution is 2.05. The average molecular weight is 350 g/mol. The van der Waals surface area contributed by atoms with Crippen LogP contribution in [0.1, 0.15) is 11.1 Å². The fraction of sp³-hybridized carbons (Fsp3) is 0.333. The number of rotatable bonds is 7. The van der Waals surface area contributed by atoms with E-state index in [-0.39, 0.29) is 5.91 Å². The number of amides is 1. The number of nitrogens with zero attached hydrogens (tertiary/aromatic N) is 3. The molecule has 1 saturated heterocycles. The van der Waals surface area contributed by atoms with Crippen LogP contribution in [0.4, 0.5) is 0 Å². The Labute approximate surface area is 155 Å². The van der Waals surface area contributed by atoms with Crippen molar-refractivity contribution in [1.29, 1.82) is 0 Å². The minimum absolute atomic E-state index is 0.179. The largest absolute Gasteiger partial charge is 0.339 e. The van der Waals surface area contributed by atoms with Gasteiger partial charge in [0.2, 0.25) is 5.91 Å². The van der Waals surface area contributed by atoms with Gasteiger partial charge in [-0.05, 0) is 23.3 Å². The van der Waals surface area contributed by atoms with Gasteiger partial charge in [0.1, 0.15) is 0 Å². The normalized spacial score (nSPS) is 15.5. The van der Waals surface area contributed by atoms with Gasteiger partial charge in [-0.3, -0.25) is 14.7 Å². The molecule has 3 rings (SSSR count). The zero-order chi connectivity index (χ0) is 18.0. The number of carbonyl (C=O) groups is 1. The molecule has 5 heteroatoms. The number of hydrogen-bond acceptors (Lipinski definition) is 4. The Bertz CT molecular complexity index is 694. The molecule has 5 nitrogen and oxygen atoms in total. The van der Waals surface area contributed by atoms with E-state index in [0.717, 1.165) is 38.3 Å². The van der Waals surface area contributed by atoms with Crippen molar-refractivity contribution in [3.05, 3.63) is 72.1 Å². The van der Waals surface area contributed by atoms with Crippen LogP contribution in [0.5, 0.6) is 0 Å². The lowest BCUT2D eigenvalue weighted by Crippen LogP contribution is -2.50. The first-order chi connectivity index (χ1) is 12.8. The van der Waals surface area contributed by atoms with Crippen molar-refractivity contribution in [2.24, 2.45) is 0 Å². The summed E-state index contributed by atoms with van der Waals surface area (Å²) in [6.07, 6.45) is 7.89. The van der Waals surface area contributed by atoms with Gasteiger partial charge in [0.05, 0.1) is 6.54 Å². The number of piperazine rings is 1. The maximum Gasteiger partial charge on any atom is 0.236 e. The van der Waals surface area contributed by atoms with Crippen LogP contribution in [0.3, 0.4) is 0 Å². The van der Waals surface area contributed by atoms with Crippen molar-refractivity contribution in [1.82, 2.24) is 20.1 Å². The van der Waals surface area contributed by atoms with Crippen molar-refractivity contribution in [3.63, 3.8) is 0 Å². The first-order valence-electron chi connectivity index (χ1n) is 9.12. The molecule has 1 fully saturated rings. The second-order valence-corrected chi connectivity index (χ2v) is 6.45. The summed E-state index contributed by atoms with van der Waals surface area (Å²) in [5.41, 5.74) is 2.37. The lowest BCUT2D eigenvalue weighted by atomic mass is 10.2. The molecule has 136 valence electrons. The molecule has 1 aromatic heterocycles. The second kappa shape index (κ2) is 9.85. The van der Waals surface area contributed by atoms with Crippen LogP contribution in [0.25, 0.3) is 6.08 Å². The Morgan fingerprint density at radius 2 is 1.77 bits per heavy atom. The van der Waals surface area contributed by atoms with Crippen molar-refractivity contribution < 1.29 is 4.79 Å². The molecule has 0 saturated carbocycles. The second-order valence-electron chi connectivity index (χ2n) is 6.45. The molecule has 0 radical (unpaired) electrons. The van der Waals surface area contributed by atoms with E-state index < -0.39 is 0 Å². The average Bonchev–Trinajstić information content (AvgIpc) is 2.70. The summed E-state index contributed by atoms with van der Waals surface area (Å²) in [4.78, 5) is 20.6. The van der Waals surface area contributed by atoms with E-state index in [9.17, 15) is 4.79 Å². The van der Waals surface area contributed by atoms with Gasteiger partial charge in [0.15, 0.2) is 0 Å². The maximum absolute atomic E-state index is 12.3. The Balaban J connectivity index is 1.34.